The summed E-state index contributed by atoms with van der Waals surface area (Å²) in [6, 6.07) is 11.4. The lowest BCUT2D eigenvalue weighted by Crippen LogP contribution is -2.25. The van der Waals surface area contributed by atoms with Crippen LogP contribution in [0.4, 0.5) is 4.79 Å². The van der Waals surface area contributed by atoms with E-state index in [0.717, 1.165) is 11.3 Å². The minimum absolute atomic E-state index is 0.252. The van der Waals surface area contributed by atoms with Crippen LogP contribution in [0.1, 0.15) is 0 Å². The predicted molar refractivity (Wildman–Crippen MR) is 79.0 cm³/mol. The number of carbonyl (C=O) groups excluding carboxylic acids is 1. The average molecular weight is 289 g/mol. The van der Waals surface area contributed by atoms with Crippen molar-refractivity contribution in [2.24, 2.45) is 0 Å². The standard InChI is InChI=1S/C14H15N3O2S/c1-17(2)14(18)19-12-9-11(15-13(16-12)20-3)10-7-5-4-6-8-10/h4-9H,1-3H3. The normalized spacial score (nSPS) is 10.2. The molecule has 0 N–H and O–H groups in total. The zero-order chi connectivity index (χ0) is 14.5. The van der Waals surface area contributed by atoms with Gasteiger partial charge in [-0.1, -0.05) is 42.1 Å². The van der Waals surface area contributed by atoms with Gasteiger partial charge in [0.15, 0.2) is 5.16 Å². The fourth-order valence-corrected chi connectivity index (χ4v) is 1.86. The molecule has 0 aliphatic heterocycles. The van der Waals surface area contributed by atoms with Crippen molar-refractivity contribution in [3.05, 3.63) is 36.4 Å². The molecule has 104 valence electrons. The smallest absolute Gasteiger partial charge is 0.391 e. The Bertz CT molecular complexity index is 603. The van der Waals surface area contributed by atoms with E-state index in [2.05, 4.69) is 9.97 Å². The maximum atomic E-state index is 11.6. The molecule has 0 radical (unpaired) electrons. The van der Waals surface area contributed by atoms with Gasteiger partial charge in [0, 0.05) is 25.7 Å². The molecule has 2 rings (SSSR count). The Labute approximate surface area is 122 Å². The summed E-state index contributed by atoms with van der Waals surface area (Å²) in [6.07, 6.45) is 1.41. The first kappa shape index (κ1) is 14.3. The average Bonchev–Trinajstić information content (AvgIpc) is 2.47. The zero-order valence-corrected chi connectivity index (χ0v) is 12.3. The van der Waals surface area contributed by atoms with Crippen LogP contribution in [0.3, 0.4) is 0 Å². The highest BCUT2D eigenvalue weighted by molar-refractivity contribution is 7.98. The lowest BCUT2D eigenvalue weighted by atomic mass is 10.1. The van der Waals surface area contributed by atoms with Gasteiger partial charge in [0.2, 0.25) is 5.88 Å². The number of aromatic nitrogens is 2. The van der Waals surface area contributed by atoms with Crippen LogP contribution in [0.5, 0.6) is 5.88 Å². The topological polar surface area (TPSA) is 55.3 Å². The van der Waals surface area contributed by atoms with Crippen LogP contribution in [0, 0.1) is 0 Å². The molecule has 0 fully saturated rings. The molecule has 1 heterocycles. The Kier molecular flexibility index (Phi) is 4.57. The summed E-state index contributed by atoms with van der Waals surface area (Å²) in [7, 11) is 3.24. The van der Waals surface area contributed by atoms with Crippen LogP contribution in [0.2, 0.25) is 0 Å². The molecule has 5 nitrogen and oxygen atoms in total. The summed E-state index contributed by atoms with van der Waals surface area (Å²) >= 11 is 1.40. The third kappa shape index (κ3) is 3.48. The highest BCUT2D eigenvalue weighted by Crippen LogP contribution is 2.23. The maximum Gasteiger partial charge on any atom is 0.416 e. The van der Waals surface area contributed by atoms with Gasteiger partial charge in [-0.2, -0.15) is 4.98 Å². The van der Waals surface area contributed by atoms with Gasteiger partial charge in [0.25, 0.3) is 0 Å². The third-order valence-electron chi connectivity index (χ3n) is 2.49. The van der Waals surface area contributed by atoms with Gasteiger partial charge in [-0.15, -0.1) is 0 Å². The Morgan fingerprint density at radius 1 is 1.20 bits per heavy atom. The Morgan fingerprint density at radius 2 is 1.90 bits per heavy atom. The van der Waals surface area contributed by atoms with Crippen molar-refractivity contribution in [1.29, 1.82) is 0 Å². The fraction of sp³-hybridized carbons (Fsp3) is 0.214. The first-order chi connectivity index (χ1) is 9.60. The van der Waals surface area contributed by atoms with Crippen molar-refractivity contribution in [1.82, 2.24) is 14.9 Å². The molecule has 1 aromatic carbocycles. The summed E-state index contributed by atoms with van der Waals surface area (Å²) in [5, 5.41) is 0.563. The lowest BCUT2D eigenvalue weighted by molar-refractivity contribution is 0.169. The summed E-state index contributed by atoms with van der Waals surface area (Å²) in [5.41, 5.74) is 1.68. The zero-order valence-electron chi connectivity index (χ0n) is 11.5. The predicted octanol–water partition coefficient (Wildman–Crippen LogP) is 2.93. The van der Waals surface area contributed by atoms with Crippen molar-refractivity contribution in [3.8, 4) is 17.1 Å². The van der Waals surface area contributed by atoms with E-state index in [1.54, 1.807) is 20.2 Å². The van der Waals surface area contributed by atoms with Gasteiger partial charge in [-0.05, 0) is 6.26 Å². The van der Waals surface area contributed by atoms with E-state index in [1.165, 1.54) is 16.7 Å². The first-order valence-electron chi connectivity index (χ1n) is 5.98. The number of thioether (sulfide) groups is 1. The van der Waals surface area contributed by atoms with Gasteiger partial charge in [0.1, 0.15) is 0 Å². The first-order valence-corrected chi connectivity index (χ1v) is 7.20. The van der Waals surface area contributed by atoms with Crippen molar-refractivity contribution >= 4 is 17.9 Å². The van der Waals surface area contributed by atoms with E-state index < -0.39 is 6.09 Å². The molecule has 1 aromatic heterocycles. The van der Waals surface area contributed by atoms with Crippen molar-refractivity contribution in [2.45, 2.75) is 5.16 Å². The van der Waals surface area contributed by atoms with Crippen LogP contribution in [-0.4, -0.2) is 41.3 Å². The van der Waals surface area contributed by atoms with E-state index >= 15 is 0 Å². The molecule has 6 heteroatoms. The summed E-state index contributed by atoms with van der Waals surface area (Å²) in [4.78, 5) is 21.5. The van der Waals surface area contributed by atoms with Crippen molar-refractivity contribution in [3.63, 3.8) is 0 Å². The quantitative estimate of drug-likeness (QED) is 0.642. The highest BCUT2D eigenvalue weighted by atomic mass is 32.2. The number of benzene rings is 1. The Morgan fingerprint density at radius 3 is 2.50 bits per heavy atom. The van der Waals surface area contributed by atoms with Gasteiger partial charge in [-0.3, -0.25) is 0 Å². The molecule has 0 unspecified atom stereocenters. The molecular formula is C14H15N3O2S. The minimum atomic E-state index is -0.463. The van der Waals surface area contributed by atoms with Gasteiger partial charge < -0.3 is 9.64 Å². The SMILES string of the molecule is CSc1nc(OC(=O)N(C)C)cc(-c2ccccc2)n1. The van der Waals surface area contributed by atoms with Crippen LogP contribution in [0.15, 0.2) is 41.6 Å². The van der Waals surface area contributed by atoms with Gasteiger partial charge in [0.05, 0.1) is 5.69 Å². The van der Waals surface area contributed by atoms with Crippen LogP contribution < -0.4 is 4.74 Å². The lowest BCUT2D eigenvalue weighted by Gasteiger charge is -2.11. The van der Waals surface area contributed by atoms with Crippen molar-refractivity contribution in [2.75, 3.05) is 20.4 Å². The molecule has 0 bridgehead atoms. The minimum Gasteiger partial charge on any atom is -0.391 e. The van der Waals surface area contributed by atoms with E-state index in [9.17, 15) is 4.79 Å². The van der Waals surface area contributed by atoms with Crippen LogP contribution in [0.25, 0.3) is 11.3 Å². The van der Waals surface area contributed by atoms with Crippen LogP contribution >= 0.6 is 11.8 Å². The van der Waals surface area contributed by atoms with Crippen LogP contribution in [-0.2, 0) is 0 Å². The summed E-state index contributed by atoms with van der Waals surface area (Å²) in [5.74, 6) is 0.252. The summed E-state index contributed by atoms with van der Waals surface area (Å²) in [6.45, 7) is 0. The second kappa shape index (κ2) is 6.38. The number of hydrogen-bond donors (Lipinski definition) is 0. The van der Waals surface area contributed by atoms with Gasteiger partial charge >= 0.3 is 6.09 Å². The number of carbonyl (C=O) groups is 1. The van der Waals surface area contributed by atoms with Gasteiger partial charge in [-0.25, -0.2) is 9.78 Å². The molecule has 1 amide bonds. The largest absolute Gasteiger partial charge is 0.416 e. The monoisotopic (exact) mass is 289 g/mol. The molecule has 20 heavy (non-hydrogen) atoms. The molecule has 0 saturated carbocycles. The number of rotatable bonds is 3. The maximum absolute atomic E-state index is 11.6. The molecule has 0 aliphatic rings. The molecule has 2 aromatic rings. The molecule has 0 aliphatic carbocycles. The number of hydrogen-bond acceptors (Lipinski definition) is 5. The summed E-state index contributed by atoms with van der Waals surface area (Å²) < 4.78 is 5.20. The number of ether oxygens (including phenoxy) is 1. The van der Waals surface area contributed by atoms with E-state index in [-0.39, 0.29) is 5.88 Å². The second-order valence-electron chi connectivity index (χ2n) is 4.21. The van der Waals surface area contributed by atoms with Crippen molar-refractivity contribution < 1.29 is 9.53 Å². The van der Waals surface area contributed by atoms with E-state index in [4.69, 9.17) is 4.74 Å². The fourth-order valence-electron chi connectivity index (χ4n) is 1.48. The number of nitrogens with zero attached hydrogens (tertiary/aromatic N) is 3. The number of amides is 1. The molecule has 0 atom stereocenters. The highest BCUT2D eigenvalue weighted by Gasteiger charge is 2.12. The van der Waals surface area contributed by atoms with E-state index in [0.29, 0.717) is 5.16 Å². The molecule has 0 saturated heterocycles. The third-order valence-corrected chi connectivity index (χ3v) is 3.04. The molecular weight excluding hydrogens is 274 g/mol. The molecule has 0 spiro atoms. The Hall–Kier alpha value is -2.08. The Balaban J connectivity index is 2.37. The van der Waals surface area contributed by atoms with E-state index in [1.807, 2.05) is 36.6 Å². The second-order valence-corrected chi connectivity index (χ2v) is 4.98.